The second kappa shape index (κ2) is 7.30. The van der Waals surface area contributed by atoms with Gasteiger partial charge in [-0.15, -0.1) is 0 Å². The van der Waals surface area contributed by atoms with Crippen LogP contribution < -0.4 is 5.32 Å². The molecule has 1 amide bonds. The first kappa shape index (κ1) is 16.9. The molecular weight excluding hydrogens is 320 g/mol. The minimum Gasteiger partial charge on any atom is -0.353 e. The number of aromatic nitrogens is 3. The zero-order valence-electron chi connectivity index (χ0n) is 14.2. The molecule has 24 heavy (non-hydrogen) atoms. The maximum Gasteiger partial charge on any atom is 0.222 e. The van der Waals surface area contributed by atoms with Gasteiger partial charge in [0.2, 0.25) is 5.91 Å². The van der Waals surface area contributed by atoms with Crippen molar-refractivity contribution in [2.45, 2.75) is 52.1 Å². The van der Waals surface area contributed by atoms with Crippen molar-refractivity contribution in [3.05, 3.63) is 34.6 Å². The van der Waals surface area contributed by atoms with Crippen molar-refractivity contribution in [1.82, 2.24) is 20.1 Å². The molecule has 0 unspecified atom stereocenters. The van der Waals surface area contributed by atoms with Crippen LogP contribution in [0.25, 0.3) is 11.4 Å². The van der Waals surface area contributed by atoms with Crippen molar-refractivity contribution in [2.75, 3.05) is 0 Å². The lowest BCUT2D eigenvalue weighted by molar-refractivity contribution is -0.122. The second-order valence-corrected chi connectivity index (χ2v) is 7.09. The molecule has 1 aliphatic rings. The van der Waals surface area contributed by atoms with Crippen LogP contribution in [0.5, 0.6) is 0 Å². The van der Waals surface area contributed by atoms with Crippen LogP contribution in [0.3, 0.4) is 0 Å². The van der Waals surface area contributed by atoms with Gasteiger partial charge in [0.05, 0.1) is 0 Å². The number of aryl methyl sites for hydroxylation is 1. The Hall–Kier alpha value is -1.95. The first-order chi connectivity index (χ1) is 11.5. The number of benzene rings is 1. The number of H-pyrrole nitrogens is 1. The molecule has 2 aromatic rings. The zero-order chi connectivity index (χ0) is 17.1. The van der Waals surface area contributed by atoms with Gasteiger partial charge in [-0.1, -0.05) is 43.2 Å². The van der Waals surface area contributed by atoms with Crippen LogP contribution in [0.1, 0.15) is 38.2 Å². The highest BCUT2D eigenvalue weighted by atomic mass is 32.1. The number of amides is 1. The fraction of sp³-hybridized carbons (Fsp3) is 0.500. The van der Waals surface area contributed by atoms with Crippen molar-refractivity contribution in [3.8, 4) is 11.4 Å². The van der Waals surface area contributed by atoms with Gasteiger partial charge >= 0.3 is 0 Å². The lowest BCUT2D eigenvalue weighted by atomic mass is 10.1. The smallest absolute Gasteiger partial charge is 0.222 e. The number of nitrogens with one attached hydrogen (secondary N) is 2. The zero-order valence-corrected chi connectivity index (χ0v) is 15.0. The number of aromatic amines is 1. The van der Waals surface area contributed by atoms with E-state index in [-0.39, 0.29) is 5.91 Å². The Bertz CT molecular complexity index is 762. The Morgan fingerprint density at radius 3 is 2.79 bits per heavy atom. The first-order valence-electron chi connectivity index (χ1n) is 8.56. The number of nitrogens with zero attached hydrogens (tertiary/aromatic N) is 2. The molecule has 1 aromatic carbocycles. The summed E-state index contributed by atoms with van der Waals surface area (Å²) < 4.78 is 2.45. The van der Waals surface area contributed by atoms with E-state index in [1.165, 1.54) is 18.4 Å². The summed E-state index contributed by atoms with van der Waals surface area (Å²) in [6, 6.07) is 8.47. The third-order valence-corrected chi connectivity index (χ3v) is 5.15. The van der Waals surface area contributed by atoms with Crippen molar-refractivity contribution < 1.29 is 4.79 Å². The minimum absolute atomic E-state index is 0.0895. The topological polar surface area (TPSA) is 62.7 Å². The molecule has 1 aliphatic carbocycles. The average molecular weight is 344 g/mol. The Morgan fingerprint density at radius 2 is 2.12 bits per heavy atom. The fourth-order valence-corrected chi connectivity index (χ4v) is 3.52. The highest BCUT2D eigenvalue weighted by molar-refractivity contribution is 7.71. The lowest BCUT2D eigenvalue weighted by Crippen LogP contribution is -2.36. The molecule has 2 atom stereocenters. The van der Waals surface area contributed by atoms with Crippen LogP contribution in [-0.2, 0) is 11.3 Å². The van der Waals surface area contributed by atoms with E-state index >= 15 is 0 Å². The van der Waals surface area contributed by atoms with Crippen LogP contribution in [0.2, 0.25) is 0 Å². The first-order valence-corrected chi connectivity index (χ1v) is 8.97. The second-order valence-electron chi connectivity index (χ2n) is 6.70. The molecule has 0 spiro atoms. The van der Waals surface area contributed by atoms with Gasteiger partial charge in [-0.25, -0.2) is 0 Å². The Balaban J connectivity index is 1.67. The summed E-state index contributed by atoms with van der Waals surface area (Å²) in [5.41, 5.74) is 2.20. The summed E-state index contributed by atoms with van der Waals surface area (Å²) in [4.78, 5) is 12.3. The van der Waals surface area contributed by atoms with Gasteiger partial charge in [0, 0.05) is 24.6 Å². The van der Waals surface area contributed by atoms with E-state index in [4.69, 9.17) is 12.2 Å². The maximum absolute atomic E-state index is 12.3. The molecule has 3 rings (SSSR count). The predicted octanol–water partition coefficient (Wildman–Crippen LogP) is 3.61. The molecule has 1 saturated carbocycles. The normalized spacial score (nSPS) is 20.2. The molecule has 0 saturated heterocycles. The number of hydrogen-bond donors (Lipinski definition) is 2. The SMILES string of the molecule is Cc1ccc(-c2n[nH]c(=S)n2CCC(=O)N[C@H]2CCC[C@@H]2C)cc1. The Kier molecular flexibility index (Phi) is 5.14. The molecule has 0 aliphatic heterocycles. The standard InChI is InChI=1S/C18H24N4OS/c1-12-6-8-14(9-7-12)17-20-21-18(24)22(17)11-10-16(23)19-15-5-3-4-13(15)2/h6-9,13,15H,3-5,10-11H2,1-2H3,(H,19,23)(H,21,24)/t13-,15-/m0/s1. The maximum atomic E-state index is 12.3. The number of carbonyl (C=O) groups is 1. The molecule has 128 valence electrons. The third kappa shape index (κ3) is 3.75. The molecule has 1 fully saturated rings. The highest BCUT2D eigenvalue weighted by Gasteiger charge is 2.24. The van der Waals surface area contributed by atoms with E-state index < -0.39 is 0 Å². The lowest BCUT2D eigenvalue weighted by Gasteiger charge is -2.17. The van der Waals surface area contributed by atoms with E-state index in [9.17, 15) is 4.79 Å². The van der Waals surface area contributed by atoms with Crippen LogP contribution in [0.15, 0.2) is 24.3 Å². The van der Waals surface area contributed by atoms with Crippen molar-refractivity contribution in [2.24, 2.45) is 5.92 Å². The predicted molar refractivity (Wildman–Crippen MR) is 97.1 cm³/mol. The molecule has 1 heterocycles. The summed E-state index contributed by atoms with van der Waals surface area (Å²) >= 11 is 5.33. The van der Waals surface area contributed by atoms with Crippen molar-refractivity contribution in [1.29, 1.82) is 0 Å². The summed E-state index contributed by atoms with van der Waals surface area (Å²) in [5, 5.41) is 10.3. The molecule has 0 radical (unpaired) electrons. The Morgan fingerprint density at radius 1 is 1.38 bits per heavy atom. The van der Waals surface area contributed by atoms with E-state index in [2.05, 4.69) is 29.4 Å². The molecule has 1 aromatic heterocycles. The van der Waals surface area contributed by atoms with Gasteiger partial charge in [0.25, 0.3) is 0 Å². The fourth-order valence-electron chi connectivity index (χ4n) is 3.30. The largest absolute Gasteiger partial charge is 0.353 e. The van der Waals surface area contributed by atoms with Gasteiger partial charge < -0.3 is 5.32 Å². The van der Waals surface area contributed by atoms with E-state index in [0.717, 1.165) is 17.8 Å². The Labute approximate surface area is 147 Å². The minimum atomic E-state index is 0.0895. The van der Waals surface area contributed by atoms with E-state index in [1.807, 2.05) is 28.8 Å². The number of rotatable bonds is 5. The molecule has 6 heteroatoms. The van der Waals surface area contributed by atoms with E-state index in [1.54, 1.807) is 0 Å². The van der Waals surface area contributed by atoms with Crippen molar-refractivity contribution >= 4 is 18.1 Å². The highest BCUT2D eigenvalue weighted by Crippen LogP contribution is 2.25. The molecule has 5 nitrogen and oxygen atoms in total. The van der Waals surface area contributed by atoms with Crippen LogP contribution >= 0.6 is 12.2 Å². The summed E-state index contributed by atoms with van der Waals surface area (Å²) in [6.07, 6.45) is 3.91. The summed E-state index contributed by atoms with van der Waals surface area (Å²) in [6.45, 7) is 4.79. The summed E-state index contributed by atoms with van der Waals surface area (Å²) in [7, 11) is 0. The van der Waals surface area contributed by atoms with Crippen LogP contribution in [0.4, 0.5) is 0 Å². The van der Waals surface area contributed by atoms with Gasteiger partial charge in [-0.05, 0) is 37.9 Å². The number of carbonyl (C=O) groups excluding carboxylic acids is 1. The molecule has 2 N–H and O–H groups in total. The van der Waals surface area contributed by atoms with Crippen molar-refractivity contribution in [3.63, 3.8) is 0 Å². The van der Waals surface area contributed by atoms with Gasteiger partial charge in [-0.3, -0.25) is 14.5 Å². The third-order valence-electron chi connectivity index (χ3n) is 4.84. The van der Waals surface area contributed by atoms with E-state index in [0.29, 0.717) is 29.7 Å². The quantitative estimate of drug-likeness (QED) is 0.815. The average Bonchev–Trinajstić information content (AvgIpc) is 3.12. The summed E-state index contributed by atoms with van der Waals surface area (Å²) in [5.74, 6) is 1.45. The molecular formula is C18H24N4OS. The monoisotopic (exact) mass is 344 g/mol. The van der Waals surface area contributed by atoms with Gasteiger partial charge in [0.1, 0.15) is 0 Å². The molecule has 0 bridgehead atoms. The van der Waals surface area contributed by atoms with Crippen LogP contribution in [-0.4, -0.2) is 26.7 Å². The number of hydrogen-bond acceptors (Lipinski definition) is 3. The van der Waals surface area contributed by atoms with Gasteiger partial charge in [-0.2, -0.15) is 5.10 Å². The van der Waals surface area contributed by atoms with Gasteiger partial charge in [0.15, 0.2) is 10.6 Å². The van der Waals surface area contributed by atoms with Crippen LogP contribution in [0, 0.1) is 17.6 Å².